The highest BCUT2D eigenvalue weighted by Crippen LogP contribution is 2.17. The standard InChI is InChI=1S/C14H9ClN2O3/c15-13-9(4-3-7-16-13)14(18)19-8-12-17-10-5-1-2-6-11(10)20-12/h1-7H,8H2. The van der Waals surface area contributed by atoms with E-state index in [0.717, 1.165) is 5.52 Å². The molecule has 2 aromatic heterocycles. The number of ether oxygens (including phenoxy) is 1. The molecule has 0 radical (unpaired) electrons. The zero-order valence-corrected chi connectivity index (χ0v) is 11.0. The van der Waals surface area contributed by atoms with Crippen molar-refractivity contribution in [2.75, 3.05) is 0 Å². The van der Waals surface area contributed by atoms with Crippen molar-refractivity contribution in [3.8, 4) is 0 Å². The van der Waals surface area contributed by atoms with Crippen LogP contribution in [0.4, 0.5) is 0 Å². The van der Waals surface area contributed by atoms with Crippen molar-refractivity contribution in [2.45, 2.75) is 6.61 Å². The minimum Gasteiger partial charge on any atom is -0.452 e. The van der Waals surface area contributed by atoms with Crippen molar-refractivity contribution < 1.29 is 13.9 Å². The third kappa shape index (κ3) is 2.48. The third-order valence-electron chi connectivity index (χ3n) is 2.64. The number of esters is 1. The molecule has 0 aliphatic carbocycles. The van der Waals surface area contributed by atoms with Crippen LogP contribution in [0.1, 0.15) is 16.2 Å². The number of para-hydroxylation sites is 2. The Morgan fingerprint density at radius 3 is 2.90 bits per heavy atom. The lowest BCUT2D eigenvalue weighted by Gasteiger charge is -2.02. The molecule has 1 aromatic carbocycles. The molecule has 100 valence electrons. The molecule has 0 saturated heterocycles. The van der Waals surface area contributed by atoms with Crippen LogP contribution in [0.3, 0.4) is 0 Å². The van der Waals surface area contributed by atoms with Gasteiger partial charge >= 0.3 is 5.97 Å². The van der Waals surface area contributed by atoms with Gasteiger partial charge in [0.05, 0.1) is 5.56 Å². The summed E-state index contributed by atoms with van der Waals surface area (Å²) in [7, 11) is 0. The van der Waals surface area contributed by atoms with Crippen LogP contribution in [0.15, 0.2) is 47.0 Å². The summed E-state index contributed by atoms with van der Waals surface area (Å²) in [6.07, 6.45) is 1.50. The second-order valence-corrected chi connectivity index (χ2v) is 4.35. The number of pyridine rings is 1. The number of carbonyl (C=O) groups excluding carboxylic acids is 1. The third-order valence-corrected chi connectivity index (χ3v) is 2.95. The summed E-state index contributed by atoms with van der Waals surface area (Å²) in [4.78, 5) is 19.9. The molecule has 0 fully saturated rings. The first-order chi connectivity index (χ1) is 9.74. The first-order valence-corrected chi connectivity index (χ1v) is 6.24. The maximum absolute atomic E-state index is 11.8. The van der Waals surface area contributed by atoms with Crippen molar-refractivity contribution >= 4 is 28.7 Å². The van der Waals surface area contributed by atoms with Gasteiger partial charge in [-0.05, 0) is 24.3 Å². The van der Waals surface area contributed by atoms with E-state index in [0.29, 0.717) is 11.5 Å². The summed E-state index contributed by atoms with van der Waals surface area (Å²) in [6, 6.07) is 10.5. The molecule has 0 atom stereocenters. The van der Waals surface area contributed by atoms with Crippen LogP contribution in [0.5, 0.6) is 0 Å². The number of hydrogen-bond donors (Lipinski definition) is 0. The summed E-state index contributed by atoms with van der Waals surface area (Å²) < 4.78 is 10.6. The van der Waals surface area contributed by atoms with Crippen molar-refractivity contribution in [3.05, 3.63) is 59.2 Å². The van der Waals surface area contributed by atoms with Crippen LogP contribution in [-0.2, 0) is 11.3 Å². The summed E-state index contributed by atoms with van der Waals surface area (Å²) >= 11 is 5.81. The van der Waals surface area contributed by atoms with Gasteiger partial charge in [-0.2, -0.15) is 0 Å². The molecule has 0 spiro atoms. The smallest absolute Gasteiger partial charge is 0.341 e. The predicted molar refractivity (Wildman–Crippen MR) is 72.4 cm³/mol. The summed E-state index contributed by atoms with van der Waals surface area (Å²) in [5.74, 6) is -0.232. The van der Waals surface area contributed by atoms with Crippen molar-refractivity contribution in [1.82, 2.24) is 9.97 Å². The number of hydrogen-bond acceptors (Lipinski definition) is 5. The predicted octanol–water partition coefficient (Wildman–Crippen LogP) is 3.23. The minimum atomic E-state index is -0.564. The van der Waals surface area contributed by atoms with E-state index in [2.05, 4.69) is 9.97 Å². The molecule has 0 amide bonds. The van der Waals surface area contributed by atoms with Crippen molar-refractivity contribution in [2.24, 2.45) is 0 Å². The number of carbonyl (C=O) groups is 1. The van der Waals surface area contributed by atoms with E-state index in [1.165, 1.54) is 6.20 Å². The highest BCUT2D eigenvalue weighted by molar-refractivity contribution is 6.32. The van der Waals surface area contributed by atoms with E-state index in [-0.39, 0.29) is 17.3 Å². The maximum Gasteiger partial charge on any atom is 0.341 e. The fraction of sp³-hybridized carbons (Fsp3) is 0.0714. The first kappa shape index (κ1) is 12.6. The molecular formula is C14H9ClN2O3. The summed E-state index contributed by atoms with van der Waals surface area (Å²) in [6.45, 7) is -0.0568. The molecule has 0 aliphatic rings. The second kappa shape index (κ2) is 5.30. The molecule has 0 saturated carbocycles. The van der Waals surface area contributed by atoms with Gasteiger partial charge in [0.25, 0.3) is 0 Å². The van der Waals surface area contributed by atoms with Crippen LogP contribution < -0.4 is 0 Å². The van der Waals surface area contributed by atoms with Gasteiger partial charge in [0.15, 0.2) is 12.2 Å². The lowest BCUT2D eigenvalue weighted by Crippen LogP contribution is -2.06. The topological polar surface area (TPSA) is 65.2 Å². The molecule has 6 heteroatoms. The van der Waals surface area contributed by atoms with Crippen LogP contribution >= 0.6 is 11.6 Å². The molecule has 2 heterocycles. The Bertz CT molecular complexity index is 737. The molecule has 0 N–H and O–H groups in total. The van der Waals surface area contributed by atoms with Crippen LogP contribution in [-0.4, -0.2) is 15.9 Å². The highest BCUT2D eigenvalue weighted by atomic mass is 35.5. The number of oxazole rings is 1. The molecular weight excluding hydrogens is 280 g/mol. The molecule has 20 heavy (non-hydrogen) atoms. The average molecular weight is 289 g/mol. The van der Waals surface area contributed by atoms with Crippen LogP contribution in [0, 0.1) is 0 Å². The monoisotopic (exact) mass is 288 g/mol. The number of benzene rings is 1. The fourth-order valence-electron chi connectivity index (χ4n) is 1.73. The lowest BCUT2D eigenvalue weighted by atomic mass is 10.3. The van der Waals surface area contributed by atoms with Gasteiger partial charge in [0.2, 0.25) is 5.89 Å². The maximum atomic E-state index is 11.8. The zero-order chi connectivity index (χ0) is 13.9. The largest absolute Gasteiger partial charge is 0.452 e. The van der Waals surface area contributed by atoms with E-state index in [4.69, 9.17) is 20.8 Å². The Morgan fingerprint density at radius 2 is 2.10 bits per heavy atom. The normalized spacial score (nSPS) is 10.7. The average Bonchev–Trinajstić information content (AvgIpc) is 2.88. The second-order valence-electron chi connectivity index (χ2n) is 3.99. The van der Waals surface area contributed by atoms with Gasteiger partial charge in [0.1, 0.15) is 10.7 Å². The summed E-state index contributed by atoms with van der Waals surface area (Å²) in [5, 5.41) is 0.107. The number of fused-ring (bicyclic) bond motifs is 1. The first-order valence-electron chi connectivity index (χ1n) is 5.86. The molecule has 0 unspecified atom stereocenters. The van der Waals surface area contributed by atoms with Gasteiger partial charge < -0.3 is 9.15 Å². The van der Waals surface area contributed by atoms with Gasteiger partial charge in [-0.1, -0.05) is 23.7 Å². The molecule has 0 aliphatic heterocycles. The SMILES string of the molecule is O=C(OCc1nc2ccccc2o1)c1cccnc1Cl. The Kier molecular flexibility index (Phi) is 3.35. The van der Waals surface area contributed by atoms with E-state index in [1.54, 1.807) is 18.2 Å². The highest BCUT2D eigenvalue weighted by Gasteiger charge is 2.14. The quantitative estimate of drug-likeness (QED) is 0.547. The number of aromatic nitrogens is 2. The van der Waals surface area contributed by atoms with E-state index >= 15 is 0 Å². The molecule has 5 nitrogen and oxygen atoms in total. The van der Waals surface area contributed by atoms with Gasteiger partial charge in [0, 0.05) is 6.20 Å². The fourth-order valence-corrected chi connectivity index (χ4v) is 1.92. The van der Waals surface area contributed by atoms with Crippen molar-refractivity contribution in [3.63, 3.8) is 0 Å². The van der Waals surface area contributed by atoms with E-state index in [9.17, 15) is 4.79 Å². The number of rotatable bonds is 3. The molecule has 0 bridgehead atoms. The zero-order valence-electron chi connectivity index (χ0n) is 10.2. The van der Waals surface area contributed by atoms with Crippen LogP contribution in [0.25, 0.3) is 11.1 Å². The Balaban J connectivity index is 1.73. The van der Waals surface area contributed by atoms with E-state index in [1.807, 2.05) is 18.2 Å². The van der Waals surface area contributed by atoms with Gasteiger partial charge in [-0.3, -0.25) is 0 Å². The van der Waals surface area contributed by atoms with E-state index < -0.39 is 5.97 Å². The summed E-state index contributed by atoms with van der Waals surface area (Å²) in [5.41, 5.74) is 1.58. The molecule has 3 rings (SSSR count). The Labute approximate surface area is 119 Å². The lowest BCUT2D eigenvalue weighted by molar-refractivity contribution is 0.0440. The number of nitrogens with zero attached hydrogens (tertiary/aromatic N) is 2. The van der Waals surface area contributed by atoms with Crippen LogP contribution in [0.2, 0.25) is 5.15 Å². The molecule has 3 aromatic rings. The van der Waals surface area contributed by atoms with Crippen molar-refractivity contribution in [1.29, 1.82) is 0 Å². The van der Waals surface area contributed by atoms with Gasteiger partial charge in [-0.15, -0.1) is 0 Å². The Hall–Kier alpha value is -2.40. The van der Waals surface area contributed by atoms with Gasteiger partial charge in [-0.25, -0.2) is 14.8 Å². The minimum absolute atomic E-state index is 0.0568. The Morgan fingerprint density at radius 1 is 1.25 bits per heavy atom. The number of halogens is 1.